The van der Waals surface area contributed by atoms with Gasteiger partial charge < -0.3 is 10.1 Å². The Labute approximate surface area is 123 Å². The highest BCUT2D eigenvalue weighted by molar-refractivity contribution is 7.18. The molecular weight excluding hydrogens is 270 g/mol. The van der Waals surface area contributed by atoms with Gasteiger partial charge in [0.25, 0.3) is 0 Å². The molecule has 20 heavy (non-hydrogen) atoms. The van der Waals surface area contributed by atoms with Crippen LogP contribution >= 0.6 is 11.3 Å². The molecule has 108 valence electrons. The summed E-state index contributed by atoms with van der Waals surface area (Å²) in [4.78, 5) is 7.23. The summed E-state index contributed by atoms with van der Waals surface area (Å²) in [6, 6.07) is 6.71. The van der Waals surface area contributed by atoms with Crippen molar-refractivity contribution in [1.82, 2.24) is 15.2 Å². The molecule has 4 nitrogen and oxygen atoms in total. The van der Waals surface area contributed by atoms with Crippen molar-refractivity contribution in [2.45, 2.75) is 25.4 Å². The van der Waals surface area contributed by atoms with Crippen molar-refractivity contribution >= 4 is 21.6 Å². The lowest BCUT2D eigenvalue weighted by Gasteiger charge is -2.31. The number of likely N-dealkylation sites (tertiary alicyclic amines) is 1. The number of methoxy groups -OCH3 is 1. The van der Waals surface area contributed by atoms with Crippen LogP contribution in [0.3, 0.4) is 0 Å². The highest BCUT2D eigenvalue weighted by atomic mass is 32.1. The van der Waals surface area contributed by atoms with E-state index in [0.29, 0.717) is 6.04 Å². The summed E-state index contributed by atoms with van der Waals surface area (Å²) in [7, 11) is 3.76. The van der Waals surface area contributed by atoms with Gasteiger partial charge in [0.15, 0.2) is 0 Å². The lowest BCUT2D eigenvalue weighted by atomic mass is 10.1. The standard InChI is InChI=1S/C15H21N3OS/c1-16-11-4-3-7-18(9-11)10-15-17-13-6-5-12(19-2)8-14(13)20-15/h5-6,8,11,16H,3-4,7,9-10H2,1-2H3. The summed E-state index contributed by atoms with van der Waals surface area (Å²) in [6.45, 7) is 3.26. The Bertz CT molecular complexity index is 584. The van der Waals surface area contributed by atoms with Crippen molar-refractivity contribution in [3.8, 4) is 5.75 Å². The van der Waals surface area contributed by atoms with E-state index < -0.39 is 0 Å². The Hall–Kier alpha value is -1.17. The molecule has 1 fully saturated rings. The molecule has 3 rings (SSSR count). The number of aromatic nitrogens is 1. The van der Waals surface area contributed by atoms with E-state index in [1.807, 2.05) is 12.1 Å². The Balaban J connectivity index is 1.74. The highest BCUT2D eigenvalue weighted by Crippen LogP contribution is 2.27. The van der Waals surface area contributed by atoms with Gasteiger partial charge in [-0.15, -0.1) is 11.3 Å². The van der Waals surface area contributed by atoms with E-state index in [4.69, 9.17) is 9.72 Å². The molecule has 2 heterocycles. The predicted molar refractivity (Wildman–Crippen MR) is 83.5 cm³/mol. The molecule has 1 saturated heterocycles. The van der Waals surface area contributed by atoms with E-state index in [0.717, 1.165) is 24.4 Å². The van der Waals surface area contributed by atoms with Crippen LogP contribution in [0, 0.1) is 0 Å². The number of likely N-dealkylation sites (N-methyl/N-ethyl adjacent to an activating group) is 1. The van der Waals surface area contributed by atoms with E-state index in [2.05, 4.69) is 23.3 Å². The Morgan fingerprint density at radius 2 is 2.40 bits per heavy atom. The third kappa shape index (κ3) is 2.95. The summed E-state index contributed by atoms with van der Waals surface area (Å²) in [5.41, 5.74) is 1.08. The third-order valence-electron chi connectivity index (χ3n) is 3.91. The molecule has 5 heteroatoms. The van der Waals surface area contributed by atoms with Crippen molar-refractivity contribution in [2.24, 2.45) is 0 Å². The molecular formula is C15H21N3OS. The second-order valence-corrected chi connectivity index (χ2v) is 6.42. The van der Waals surface area contributed by atoms with Gasteiger partial charge in [0.2, 0.25) is 0 Å². The molecule has 2 aromatic rings. The molecule has 1 aromatic heterocycles. The molecule has 1 atom stereocenters. The van der Waals surface area contributed by atoms with Gasteiger partial charge in [-0.1, -0.05) is 0 Å². The number of benzene rings is 1. The number of ether oxygens (including phenoxy) is 1. The first kappa shape index (κ1) is 13.8. The minimum Gasteiger partial charge on any atom is -0.497 e. The molecule has 0 amide bonds. The largest absolute Gasteiger partial charge is 0.497 e. The number of hydrogen-bond acceptors (Lipinski definition) is 5. The number of fused-ring (bicyclic) bond motifs is 1. The minimum atomic E-state index is 0.623. The van der Waals surface area contributed by atoms with Gasteiger partial charge in [-0.05, 0) is 44.6 Å². The van der Waals surface area contributed by atoms with Crippen molar-refractivity contribution < 1.29 is 4.74 Å². The summed E-state index contributed by atoms with van der Waals surface area (Å²) >= 11 is 1.78. The van der Waals surface area contributed by atoms with Crippen molar-refractivity contribution in [2.75, 3.05) is 27.2 Å². The summed E-state index contributed by atoms with van der Waals surface area (Å²) in [5.74, 6) is 0.904. The minimum absolute atomic E-state index is 0.623. The van der Waals surface area contributed by atoms with Crippen LogP contribution in [0.15, 0.2) is 18.2 Å². The molecule has 1 N–H and O–H groups in total. The molecule has 1 unspecified atom stereocenters. The van der Waals surface area contributed by atoms with E-state index >= 15 is 0 Å². The average molecular weight is 291 g/mol. The van der Waals surface area contributed by atoms with Crippen LogP contribution in [0.4, 0.5) is 0 Å². The van der Waals surface area contributed by atoms with Crippen molar-refractivity contribution in [1.29, 1.82) is 0 Å². The van der Waals surface area contributed by atoms with E-state index in [1.165, 1.54) is 29.1 Å². The Morgan fingerprint density at radius 3 is 3.20 bits per heavy atom. The molecule has 0 spiro atoms. The predicted octanol–water partition coefficient (Wildman–Crippen LogP) is 2.49. The van der Waals surface area contributed by atoms with Gasteiger partial charge in [0.1, 0.15) is 10.8 Å². The van der Waals surface area contributed by atoms with Gasteiger partial charge >= 0.3 is 0 Å². The lowest BCUT2D eigenvalue weighted by Crippen LogP contribution is -2.43. The van der Waals surface area contributed by atoms with Gasteiger partial charge in [0, 0.05) is 12.6 Å². The van der Waals surface area contributed by atoms with Crippen LogP contribution in [0.5, 0.6) is 5.75 Å². The Morgan fingerprint density at radius 1 is 1.50 bits per heavy atom. The zero-order valence-electron chi connectivity index (χ0n) is 12.1. The molecule has 0 radical (unpaired) electrons. The first-order valence-electron chi connectivity index (χ1n) is 7.11. The number of nitrogens with zero attached hydrogens (tertiary/aromatic N) is 2. The molecule has 1 aliphatic heterocycles. The van der Waals surface area contributed by atoms with Gasteiger partial charge in [-0.25, -0.2) is 4.98 Å². The molecule has 0 bridgehead atoms. The zero-order valence-corrected chi connectivity index (χ0v) is 12.9. The van der Waals surface area contributed by atoms with Crippen LogP contribution in [0.1, 0.15) is 17.8 Å². The van der Waals surface area contributed by atoms with E-state index in [-0.39, 0.29) is 0 Å². The molecule has 1 aliphatic rings. The summed E-state index contributed by atoms with van der Waals surface area (Å²) in [5, 5.41) is 4.59. The second-order valence-electron chi connectivity index (χ2n) is 5.30. The number of rotatable bonds is 4. The van der Waals surface area contributed by atoms with Crippen LogP contribution in [0.2, 0.25) is 0 Å². The summed E-state index contributed by atoms with van der Waals surface area (Å²) < 4.78 is 6.48. The Kier molecular flexibility index (Phi) is 4.19. The SMILES string of the molecule is CNC1CCCN(Cc2nc3ccc(OC)cc3s2)C1. The number of nitrogens with one attached hydrogen (secondary N) is 1. The number of hydrogen-bond donors (Lipinski definition) is 1. The van der Waals surface area contributed by atoms with Crippen LogP contribution in [-0.2, 0) is 6.54 Å². The fourth-order valence-electron chi connectivity index (χ4n) is 2.77. The van der Waals surface area contributed by atoms with Gasteiger partial charge in [-0.3, -0.25) is 4.90 Å². The van der Waals surface area contributed by atoms with Gasteiger partial charge in [-0.2, -0.15) is 0 Å². The van der Waals surface area contributed by atoms with Gasteiger partial charge in [0.05, 0.1) is 23.9 Å². The van der Waals surface area contributed by atoms with Crippen LogP contribution in [-0.4, -0.2) is 43.2 Å². The van der Waals surface area contributed by atoms with Crippen molar-refractivity contribution in [3.63, 3.8) is 0 Å². The van der Waals surface area contributed by atoms with Crippen LogP contribution < -0.4 is 10.1 Å². The normalized spacial score (nSPS) is 20.4. The maximum Gasteiger partial charge on any atom is 0.120 e. The van der Waals surface area contributed by atoms with Crippen molar-refractivity contribution in [3.05, 3.63) is 23.2 Å². The third-order valence-corrected chi connectivity index (χ3v) is 4.92. The quantitative estimate of drug-likeness (QED) is 0.939. The first-order valence-corrected chi connectivity index (χ1v) is 7.93. The fraction of sp³-hybridized carbons (Fsp3) is 0.533. The monoisotopic (exact) mass is 291 g/mol. The number of piperidine rings is 1. The maximum atomic E-state index is 5.27. The second kappa shape index (κ2) is 6.08. The van der Waals surface area contributed by atoms with E-state index in [9.17, 15) is 0 Å². The highest BCUT2D eigenvalue weighted by Gasteiger charge is 2.19. The maximum absolute atomic E-state index is 5.27. The zero-order chi connectivity index (χ0) is 13.9. The average Bonchev–Trinajstić information content (AvgIpc) is 2.88. The molecule has 0 saturated carbocycles. The molecule has 0 aliphatic carbocycles. The lowest BCUT2D eigenvalue weighted by molar-refractivity contribution is 0.188. The molecule has 1 aromatic carbocycles. The van der Waals surface area contributed by atoms with Crippen LogP contribution in [0.25, 0.3) is 10.2 Å². The summed E-state index contributed by atoms with van der Waals surface area (Å²) in [6.07, 6.45) is 2.55. The topological polar surface area (TPSA) is 37.4 Å². The number of thiazole rings is 1. The first-order chi connectivity index (χ1) is 9.78. The van der Waals surface area contributed by atoms with E-state index in [1.54, 1.807) is 18.4 Å². The smallest absolute Gasteiger partial charge is 0.120 e. The fourth-order valence-corrected chi connectivity index (χ4v) is 3.81.